The highest BCUT2D eigenvalue weighted by Crippen LogP contribution is 2.40. The molecule has 0 unspecified atom stereocenters. The molecule has 0 amide bonds. The van der Waals surface area contributed by atoms with Gasteiger partial charge in [0.05, 0.1) is 5.56 Å². The number of unbranched alkanes of at least 4 members (excludes halogenated alkanes) is 1. The lowest BCUT2D eigenvalue weighted by atomic mass is 9.99. The fourth-order valence-corrected chi connectivity index (χ4v) is 4.28. The Kier molecular flexibility index (Phi) is 9.27. The van der Waals surface area contributed by atoms with E-state index < -0.39 is 75.2 Å². The van der Waals surface area contributed by atoms with E-state index in [-0.39, 0.29) is 29.8 Å². The standard InChI is InChI=1S/C32H19F11O/c1-2-3-4-17-5-7-18(8-6-17)9-10-19-11-22(33)28(23(34)12-19)20-13-24(35)30(25(36)14-20)32(42,43)44-21-15-26(37)29(27(38)16-21)31(39,40)41/h5-8,11-16H,2-4H2,1H3. The molecule has 0 N–H and O–H groups in total. The van der Waals surface area contributed by atoms with Crippen LogP contribution in [0.2, 0.25) is 0 Å². The summed E-state index contributed by atoms with van der Waals surface area (Å²) in [6.07, 6.45) is -7.63. The van der Waals surface area contributed by atoms with E-state index in [1.165, 1.54) is 0 Å². The lowest BCUT2D eigenvalue weighted by Gasteiger charge is -2.21. The number of rotatable bonds is 7. The van der Waals surface area contributed by atoms with E-state index in [0.29, 0.717) is 5.56 Å². The summed E-state index contributed by atoms with van der Waals surface area (Å²) in [6, 6.07) is 8.58. The topological polar surface area (TPSA) is 9.23 Å². The Labute approximate surface area is 243 Å². The zero-order valence-electron chi connectivity index (χ0n) is 22.5. The van der Waals surface area contributed by atoms with Gasteiger partial charge < -0.3 is 4.74 Å². The molecular formula is C32H19F11O. The SMILES string of the molecule is CCCCc1ccc(C#Cc2cc(F)c(-c3cc(F)c(C(F)(F)Oc4cc(F)c(C(F)(F)F)c(F)c4)c(F)c3)c(F)c2)cc1. The van der Waals surface area contributed by atoms with Crippen LogP contribution in [-0.2, 0) is 18.7 Å². The third-order valence-electron chi connectivity index (χ3n) is 6.33. The molecule has 44 heavy (non-hydrogen) atoms. The molecule has 1 nitrogen and oxygen atoms in total. The molecule has 0 aliphatic heterocycles. The number of hydrogen-bond acceptors (Lipinski definition) is 1. The lowest BCUT2D eigenvalue weighted by molar-refractivity contribution is -0.189. The molecule has 0 radical (unpaired) electrons. The Morgan fingerprint density at radius 2 is 1.11 bits per heavy atom. The van der Waals surface area contributed by atoms with Crippen molar-refractivity contribution in [3.05, 3.63) is 123 Å². The van der Waals surface area contributed by atoms with Crippen LogP contribution in [0.25, 0.3) is 11.1 Å². The highest BCUT2D eigenvalue weighted by atomic mass is 19.4. The van der Waals surface area contributed by atoms with E-state index in [1.807, 2.05) is 12.1 Å². The number of halogens is 11. The number of benzene rings is 4. The van der Waals surface area contributed by atoms with Gasteiger partial charge >= 0.3 is 12.3 Å². The first kappa shape index (κ1) is 32.4. The minimum absolute atomic E-state index is 0.132. The molecule has 0 saturated carbocycles. The predicted octanol–water partition coefficient (Wildman–Crippen LogP) is 10.1. The molecule has 0 bridgehead atoms. The minimum atomic E-state index is -5.52. The first-order chi connectivity index (χ1) is 20.6. The van der Waals surface area contributed by atoms with Gasteiger partial charge in [-0.05, 0) is 60.4 Å². The molecule has 4 rings (SSSR count). The van der Waals surface area contributed by atoms with E-state index in [4.69, 9.17) is 0 Å². The molecule has 230 valence electrons. The monoisotopic (exact) mass is 628 g/mol. The van der Waals surface area contributed by atoms with Crippen molar-refractivity contribution >= 4 is 0 Å². The maximum Gasteiger partial charge on any atom is 0.432 e. The van der Waals surface area contributed by atoms with E-state index >= 15 is 0 Å². The molecule has 0 spiro atoms. The van der Waals surface area contributed by atoms with Crippen LogP contribution < -0.4 is 4.74 Å². The summed E-state index contributed by atoms with van der Waals surface area (Å²) in [5.74, 6) is -7.67. The maximum atomic E-state index is 14.9. The summed E-state index contributed by atoms with van der Waals surface area (Å²) in [7, 11) is 0. The Morgan fingerprint density at radius 1 is 0.614 bits per heavy atom. The highest BCUT2D eigenvalue weighted by molar-refractivity contribution is 5.67. The molecule has 0 heterocycles. The van der Waals surface area contributed by atoms with E-state index in [2.05, 4.69) is 23.5 Å². The molecule has 0 atom stereocenters. The normalized spacial score (nSPS) is 11.7. The molecule has 0 fully saturated rings. The summed E-state index contributed by atoms with van der Waals surface area (Å²) in [4.78, 5) is 0. The summed E-state index contributed by atoms with van der Waals surface area (Å²) in [5, 5.41) is 0. The van der Waals surface area contributed by atoms with Crippen molar-refractivity contribution in [2.75, 3.05) is 0 Å². The summed E-state index contributed by atoms with van der Waals surface area (Å²) < 4.78 is 158. The Balaban J connectivity index is 1.61. The van der Waals surface area contributed by atoms with Gasteiger partial charge in [0.25, 0.3) is 0 Å². The van der Waals surface area contributed by atoms with Crippen LogP contribution in [-0.4, -0.2) is 0 Å². The maximum absolute atomic E-state index is 14.9. The smallest absolute Gasteiger partial charge is 0.429 e. The fraction of sp³-hybridized carbons (Fsp3) is 0.188. The van der Waals surface area contributed by atoms with Gasteiger partial charge in [-0.2, -0.15) is 22.0 Å². The summed E-state index contributed by atoms with van der Waals surface area (Å²) in [5.41, 5.74) is -4.82. The second-order valence-electron chi connectivity index (χ2n) is 9.56. The quantitative estimate of drug-likeness (QED) is 0.146. The molecule has 4 aromatic rings. The van der Waals surface area contributed by atoms with Gasteiger partial charge in [0.2, 0.25) is 0 Å². The van der Waals surface area contributed by atoms with E-state index in [0.717, 1.165) is 37.0 Å². The van der Waals surface area contributed by atoms with Crippen molar-refractivity contribution in [1.82, 2.24) is 0 Å². The van der Waals surface area contributed by atoms with Crippen LogP contribution in [0.4, 0.5) is 48.3 Å². The van der Waals surface area contributed by atoms with E-state index in [1.54, 1.807) is 12.1 Å². The number of ether oxygens (including phenoxy) is 1. The number of aryl methyl sites for hydroxylation is 1. The van der Waals surface area contributed by atoms with Gasteiger partial charge in [0, 0.05) is 23.3 Å². The third-order valence-corrected chi connectivity index (χ3v) is 6.33. The van der Waals surface area contributed by atoms with Crippen LogP contribution in [0.1, 0.15) is 47.6 Å². The Morgan fingerprint density at radius 3 is 1.61 bits per heavy atom. The van der Waals surface area contributed by atoms with Crippen molar-refractivity contribution < 1.29 is 53.0 Å². The average Bonchev–Trinajstić information content (AvgIpc) is 2.89. The molecule has 0 aliphatic carbocycles. The second kappa shape index (κ2) is 12.6. The van der Waals surface area contributed by atoms with Crippen LogP contribution in [0.15, 0.2) is 60.7 Å². The first-order valence-electron chi connectivity index (χ1n) is 12.8. The van der Waals surface area contributed by atoms with Gasteiger partial charge in [-0.3, -0.25) is 0 Å². The minimum Gasteiger partial charge on any atom is -0.429 e. The van der Waals surface area contributed by atoms with Gasteiger partial charge in [-0.1, -0.05) is 37.3 Å². The summed E-state index contributed by atoms with van der Waals surface area (Å²) >= 11 is 0. The van der Waals surface area contributed by atoms with E-state index in [9.17, 15) is 48.3 Å². The van der Waals surface area contributed by atoms with Crippen LogP contribution in [0.5, 0.6) is 5.75 Å². The zero-order valence-corrected chi connectivity index (χ0v) is 22.5. The number of alkyl halides is 5. The van der Waals surface area contributed by atoms with Gasteiger partial charge in [-0.25, -0.2) is 26.3 Å². The molecule has 0 aromatic heterocycles. The van der Waals surface area contributed by atoms with Gasteiger partial charge in [0.1, 0.15) is 51.8 Å². The van der Waals surface area contributed by atoms with Crippen molar-refractivity contribution in [1.29, 1.82) is 0 Å². The lowest BCUT2D eigenvalue weighted by Crippen LogP contribution is -2.25. The predicted molar refractivity (Wildman–Crippen MR) is 139 cm³/mol. The molecule has 12 heteroatoms. The molecule has 4 aromatic carbocycles. The second-order valence-corrected chi connectivity index (χ2v) is 9.56. The Bertz CT molecular complexity index is 1680. The molecule has 0 saturated heterocycles. The molecule has 0 aliphatic rings. The zero-order chi connectivity index (χ0) is 32.4. The van der Waals surface area contributed by atoms with Crippen molar-refractivity contribution in [2.24, 2.45) is 0 Å². The van der Waals surface area contributed by atoms with Crippen LogP contribution in [0.3, 0.4) is 0 Å². The largest absolute Gasteiger partial charge is 0.432 e. The Hall–Kier alpha value is -4.53. The van der Waals surface area contributed by atoms with Gasteiger partial charge in [-0.15, -0.1) is 0 Å². The third kappa shape index (κ3) is 7.15. The number of hydrogen-bond donors (Lipinski definition) is 0. The molecular weight excluding hydrogens is 609 g/mol. The van der Waals surface area contributed by atoms with Crippen molar-refractivity contribution in [3.8, 4) is 28.7 Å². The average molecular weight is 628 g/mol. The van der Waals surface area contributed by atoms with Crippen molar-refractivity contribution in [2.45, 2.75) is 38.5 Å². The first-order valence-corrected chi connectivity index (χ1v) is 12.8. The van der Waals surface area contributed by atoms with Crippen LogP contribution >= 0.6 is 0 Å². The summed E-state index contributed by atoms with van der Waals surface area (Å²) in [6.45, 7) is 2.06. The van der Waals surface area contributed by atoms with Crippen LogP contribution in [0, 0.1) is 46.7 Å². The highest BCUT2D eigenvalue weighted by Gasteiger charge is 2.43. The fourth-order valence-electron chi connectivity index (χ4n) is 4.28. The van der Waals surface area contributed by atoms with Crippen molar-refractivity contribution in [3.63, 3.8) is 0 Å². The van der Waals surface area contributed by atoms with Gasteiger partial charge in [0.15, 0.2) is 0 Å².